The maximum atomic E-state index is 11.7. The van der Waals surface area contributed by atoms with Crippen LogP contribution < -0.4 is 11.3 Å². The van der Waals surface area contributed by atoms with Gasteiger partial charge in [-0.3, -0.25) is 10.2 Å². The molecule has 3 N–H and O–H groups in total. The maximum absolute atomic E-state index is 11.7. The van der Waals surface area contributed by atoms with E-state index >= 15 is 0 Å². The van der Waals surface area contributed by atoms with Crippen molar-refractivity contribution in [3.63, 3.8) is 0 Å². The zero-order valence-corrected chi connectivity index (χ0v) is 8.98. The third-order valence-corrected chi connectivity index (χ3v) is 1.88. The summed E-state index contributed by atoms with van der Waals surface area (Å²) >= 11 is 0. The first-order valence-electron chi connectivity index (χ1n) is 5.09. The summed E-state index contributed by atoms with van der Waals surface area (Å²) in [5, 5.41) is 0. The van der Waals surface area contributed by atoms with Crippen molar-refractivity contribution in [2.45, 2.75) is 38.3 Å². The van der Waals surface area contributed by atoms with Crippen molar-refractivity contribution in [2.75, 3.05) is 13.2 Å². The number of hydrogen-bond donors (Lipinski definition) is 2. The van der Waals surface area contributed by atoms with Gasteiger partial charge in [-0.05, 0) is 12.8 Å². The van der Waals surface area contributed by atoms with E-state index in [1.54, 1.807) is 0 Å². The van der Waals surface area contributed by atoms with Crippen LogP contribution in [0, 0.1) is 0 Å². The van der Waals surface area contributed by atoms with Crippen molar-refractivity contribution in [2.24, 2.45) is 5.84 Å². The predicted molar refractivity (Wildman–Crippen MR) is 52.3 cm³/mol. The molecule has 0 aliphatic carbocycles. The number of nitrogens with two attached hydrogens (primary N) is 1. The second-order valence-electron chi connectivity index (χ2n) is 3.36. The molecule has 0 saturated carbocycles. The summed E-state index contributed by atoms with van der Waals surface area (Å²) in [6.07, 6.45) is -2.69. The number of hydrogen-bond acceptors (Lipinski definition) is 3. The molecule has 0 saturated heterocycles. The van der Waals surface area contributed by atoms with Crippen LogP contribution in [0.2, 0.25) is 0 Å². The monoisotopic (exact) mass is 242 g/mol. The fourth-order valence-corrected chi connectivity index (χ4v) is 1.03. The van der Waals surface area contributed by atoms with Gasteiger partial charge < -0.3 is 4.74 Å². The Morgan fingerprint density at radius 1 is 1.19 bits per heavy atom. The minimum atomic E-state index is -4.15. The summed E-state index contributed by atoms with van der Waals surface area (Å²) < 4.78 is 39.8. The Bertz CT molecular complexity index is 198. The lowest BCUT2D eigenvalue weighted by atomic mass is 10.2. The Hall–Kier alpha value is -0.820. The van der Waals surface area contributed by atoms with Crippen molar-refractivity contribution in [1.82, 2.24) is 5.43 Å². The van der Waals surface area contributed by atoms with E-state index in [9.17, 15) is 18.0 Å². The third-order valence-electron chi connectivity index (χ3n) is 1.88. The van der Waals surface area contributed by atoms with Crippen LogP contribution in [0.25, 0.3) is 0 Å². The second kappa shape index (κ2) is 8.35. The molecule has 0 aromatic heterocycles. The lowest BCUT2D eigenvalue weighted by Crippen LogP contribution is -2.29. The number of rotatable bonds is 8. The highest BCUT2D eigenvalue weighted by Crippen LogP contribution is 2.18. The molecular formula is C9H17F3N2O2. The smallest absolute Gasteiger partial charge is 0.381 e. The Balaban J connectivity index is 3.13. The number of nitrogens with one attached hydrogen (secondary N) is 1. The van der Waals surface area contributed by atoms with Crippen molar-refractivity contribution in [1.29, 1.82) is 0 Å². The van der Waals surface area contributed by atoms with Gasteiger partial charge in [-0.1, -0.05) is 6.42 Å². The molecule has 1 amide bonds. The normalized spacial score (nSPS) is 11.5. The average Bonchev–Trinajstić information content (AvgIpc) is 2.20. The molecule has 0 atom stereocenters. The fourth-order valence-electron chi connectivity index (χ4n) is 1.03. The second-order valence-corrected chi connectivity index (χ2v) is 3.36. The lowest BCUT2D eigenvalue weighted by Gasteiger charge is -2.06. The average molecular weight is 242 g/mol. The van der Waals surface area contributed by atoms with Gasteiger partial charge in [0.15, 0.2) is 0 Å². The third kappa shape index (κ3) is 11.3. The van der Waals surface area contributed by atoms with Gasteiger partial charge in [-0.25, -0.2) is 5.84 Å². The van der Waals surface area contributed by atoms with Gasteiger partial charge in [0.2, 0.25) is 5.91 Å². The lowest BCUT2D eigenvalue weighted by molar-refractivity contribution is -0.145. The van der Waals surface area contributed by atoms with Crippen molar-refractivity contribution >= 4 is 5.91 Å². The molecule has 4 nitrogen and oxygen atoms in total. The van der Waals surface area contributed by atoms with Gasteiger partial charge in [-0.2, -0.15) is 13.2 Å². The number of halogens is 3. The number of amides is 1. The molecule has 0 unspecified atom stereocenters. The van der Waals surface area contributed by atoms with Gasteiger partial charge in [-0.15, -0.1) is 0 Å². The molecule has 0 radical (unpaired) electrons. The van der Waals surface area contributed by atoms with E-state index in [1.165, 1.54) is 0 Å². The first-order chi connectivity index (χ1) is 7.45. The molecule has 0 heterocycles. The van der Waals surface area contributed by atoms with Crippen LogP contribution in [-0.4, -0.2) is 25.3 Å². The van der Waals surface area contributed by atoms with Crippen LogP contribution in [0.1, 0.15) is 32.1 Å². The first-order valence-corrected chi connectivity index (χ1v) is 5.09. The quantitative estimate of drug-likeness (QED) is 0.293. The highest BCUT2D eigenvalue weighted by atomic mass is 19.4. The summed E-state index contributed by atoms with van der Waals surface area (Å²) in [6, 6.07) is 0. The van der Waals surface area contributed by atoms with E-state index in [0.29, 0.717) is 25.9 Å². The SMILES string of the molecule is NNC(=O)CCCCCOCCC(F)(F)F. The molecule has 0 aliphatic rings. The summed E-state index contributed by atoms with van der Waals surface area (Å²) in [5.41, 5.74) is 2.00. The minimum absolute atomic E-state index is 0.238. The van der Waals surface area contributed by atoms with E-state index in [2.05, 4.69) is 0 Å². The molecule has 0 aromatic rings. The molecule has 0 spiro atoms. The standard InChI is InChI=1S/C9H17F3N2O2/c10-9(11,12)5-7-16-6-3-1-2-4-8(15)14-13/h1-7,13H2,(H,14,15). The Kier molecular flexibility index (Phi) is 7.92. The summed E-state index contributed by atoms with van der Waals surface area (Å²) in [4.78, 5) is 10.7. The molecule has 0 fully saturated rings. The Morgan fingerprint density at radius 3 is 2.44 bits per heavy atom. The van der Waals surface area contributed by atoms with Gasteiger partial charge in [0.1, 0.15) is 0 Å². The zero-order chi connectivity index (χ0) is 12.4. The van der Waals surface area contributed by atoms with Crippen LogP contribution >= 0.6 is 0 Å². The molecule has 96 valence electrons. The van der Waals surface area contributed by atoms with Crippen molar-refractivity contribution in [3.8, 4) is 0 Å². The summed E-state index contributed by atoms with van der Waals surface area (Å²) in [6.45, 7) is -0.00684. The number of carbonyl (C=O) groups is 1. The van der Waals surface area contributed by atoms with E-state index < -0.39 is 12.6 Å². The van der Waals surface area contributed by atoms with E-state index in [0.717, 1.165) is 6.42 Å². The van der Waals surface area contributed by atoms with E-state index in [4.69, 9.17) is 10.6 Å². The van der Waals surface area contributed by atoms with Crippen molar-refractivity contribution in [3.05, 3.63) is 0 Å². The van der Waals surface area contributed by atoms with Gasteiger partial charge in [0.05, 0.1) is 13.0 Å². The Morgan fingerprint density at radius 2 is 1.88 bits per heavy atom. The molecular weight excluding hydrogens is 225 g/mol. The zero-order valence-electron chi connectivity index (χ0n) is 8.98. The number of alkyl halides is 3. The fraction of sp³-hybridized carbons (Fsp3) is 0.889. The van der Waals surface area contributed by atoms with Gasteiger partial charge in [0.25, 0.3) is 0 Å². The van der Waals surface area contributed by atoms with Crippen molar-refractivity contribution < 1.29 is 22.7 Å². The predicted octanol–water partition coefficient (Wildman–Crippen LogP) is 1.51. The van der Waals surface area contributed by atoms with E-state index in [1.807, 2.05) is 5.43 Å². The highest BCUT2D eigenvalue weighted by molar-refractivity contribution is 5.74. The van der Waals surface area contributed by atoms with Gasteiger partial charge in [0, 0.05) is 13.0 Å². The minimum Gasteiger partial charge on any atom is -0.381 e. The number of ether oxygens (including phenoxy) is 1. The van der Waals surface area contributed by atoms with Crippen LogP contribution in [0.15, 0.2) is 0 Å². The molecule has 0 bridgehead atoms. The number of hydrazine groups is 1. The molecule has 0 aliphatic heterocycles. The largest absolute Gasteiger partial charge is 0.391 e. The van der Waals surface area contributed by atoms with E-state index in [-0.39, 0.29) is 12.5 Å². The molecule has 0 aromatic carbocycles. The topological polar surface area (TPSA) is 64.3 Å². The molecule has 0 rings (SSSR count). The maximum Gasteiger partial charge on any atom is 0.391 e. The van der Waals surface area contributed by atoms with Crippen LogP contribution in [0.4, 0.5) is 13.2 Å². The van der Waals surface area contributed by atoms with Gasteiger partial charge >= 0.3 is 6.18 Å². The molecule has 16 heavy (non-hydrogen) atoms. The van der Waals surface area contributed by atoms with Crippen LogP contribution in [-0.2, 0) is 9.53 Å². The summed E-state index contributed by atoms with van der Waals surface area (Å²) in [5.74, 6) is 4.62. The first kappa shape index (κ1) is 15.2. The Labute approximate surface area is 92.3 Å². The highest BCUT2D eigenvalue weighted by Gasteiger charge is 2.26. The summed E-state index contributed by atoms with van der Waals surface area (Å²) in [7, 11) is 0. The number of carbonyl (C=O) groups excluding carboxylic acids is 1. The van der Waals surface area contributed by atoms with Crippen LogP contribution in [0.3, 0.4) is 0 Å². The van der Waals surface area contributed by atoms with Crippen LogP contribution in [0.5, 0.6) is 0 Å². The molecule has 7 heteroatoms. The number of unbranched alkanes of at least 4 members (excludes halogenated alkanes) is 2.